The van der Waals surface area contributed by atoms with Gasteiger partial charge in [-0.2, -0.15) is 0 Å². The Labute approximate surface area is 75.5 Å². The van der Waals surface area contributed by atoms with E-state index < -0.39 is 8.03 Å². The fraction of sp³-hybridized carbons (Fsp3) is 1.00. The van der Waals surface area contributed by atoms with Crippen LogP contribution in [0.15, 0.2) is 0 Å². The Morgan fingerprint density at radius 1 is 1.42 bits per heavy atom. The summed E-state index contributed by atoms with van der Waals surface area (Å²) >= 11 is 0. The molecule has 0 fully saturated rings. The molecule has 0 radical (unpaired) electrons. The Bertz CT molecular complexity index is 139. The van der Waals surface area contributed by atoms with Gasteiger partial charge in [-0.05, 0) is 26.3 Å². The first kappa shape index (κ1) is 12.2. The summed E-state index contributed by atoms with van der Waals surface area (Å²) in [7, 11) is -1.83. The number of rotatable bonds is 6. The van der Waals surface area contributed by atoms with Crippen molar-refractivity contribution in [2.75, 3.05) is 6.54 Å². The van der Waals surface area contributed by atoms with E-state index in [9.17, 15) is 4.57 Å². The lowest BCUT2D eigenvalue weighted by atomic mass is 10.2. The predicted octanol–water partition coefficient (Wildman–Crippen LogP) is 2.01. The fourth-order valence-corrected chi connectivity index (χ4v) is 1.59. The van der Waals surface area contributed by atoms with E-state index in [0.29, 0.717) is 6.54 Å². The first-order valence-corrected chi connectivity index (χ1v) is 5.88. The standard InChI is InChI=1S/C8H20NO2P/c1-7(2)12(10)11-8(3)5-4-6-9/h7-8,12H,4-6,9H2,1-3H3. The zero-order valence-corrected chi connectivity index (χ0v) is 9.17. The lowest BCUT2D eigenvalue weighted by molar-refractivity contribution is 0.219. The Balaban J connectivity index is 3.54. The van der Waals surface area contributed by atoms with Gasteiger partial charge in [0.1, 0.15) is 0 Å². The van der Waals surface area contributed by atoms with Crippen LogP contribution in [0.2, 0.25) is 0 Å². The third-order valence-corrected chi connectivity index (χ3v) is 3.18. The van der Waals surface area contributed by atoms with E-state index >= 15 is 0 Å². The second kappa shape index (κ2) is 6.64. The molecule has 4 heteroatoms. The molecule has 3 nitrogen and oxygen atoms in total. The van der Waals surface area contributed by atoms with Gasteiger partial charge in [-0.3, -0.25) is 4.57 Å². The Morgan fingerprint density at radius 3 is 2.42 bits per heavy atom. The molecule has 2 unspecified atom stereocenters. The van der Waals surface area contributed by atoms with Gasteiger partial charge in [0.25, 0.3) is 0 Å². The van der Waals surface area contributed by atoms with Gasteiger partial charge in [0.15, 0.2) is 8.03 Å². The molecule has 0 spiro atoms. The van der Waals surface area contributed by atoms with Crippen LogP contribution in [0.25, 0.3) is 0 Å². The summed E-state index contributed by atoms with van der Waals surface area (Å²) < 4.78 is 16.6. The van der Waals surface area contributed by atoms with Crippen molar-refractivity contribution in [1.29, 1.82) is 0 Å². The van der Waals surface area contributed by atoms with Crippen LogP contribution in [0.1, 0.15) is 33.6 Å². The maximum atomic E-state index is 11.2. The maximum absolute atomic E-state index is 11.2. The summed E-state index contributed by atoms with van der Waals surface area (Å²) in [5, 5.41) is 0. The summed E-state index contributed by atoms with van der Waals surface area (Å²) in [6.07, 6.45) is 1.93. The summed E-state index contributed by atoms with van der Waals surface area (Å²) in [5.41, 5.74) is 5.49. The highest BCUT2D eigenvalue weighted by atomic mass is 31.1. The van der Waals surface area contributed by atoms with Crippen molar-refractivity contribution in [3.8, 4) is 0 Å². The van der Waals surface area contributed by atoms with E-state index in [2.05, 4.69) is 0 Å². The minimum atomic E-state index is -1.83. The van der Waals surface area contributed by atoms with Crippen LogP contribution in [-0.2, 0) is 9.09 Å². The number of nitrogens with two attached hydrogens (primary N) is 1. The van der Waals surface area contributed by atoms with Gasteiger partial charge >= 0.3 is 0 Å². The second-order valence-electron chi connectivity index (χ2n) is 3.33. The minimum absolute atomic E-state index is 0.0855. The van der Waals surface area contributed by atoms with Gasteiger partial charge in [-0.15, -0.1) is 0 Å². The monoisotopic (exact) mass is 193 g/mol. The predicted molar refractivity (Wildman–Crippen MR) is 53.0 cm³/mol. The highest BCUT2D eigenvalue weighted by Gasteiger charge is 2.09. The SMILES string of the molecule is CC(CCCN)O[PH](=O)C(C)C. The highest BCUT2D eigenvalue weighted by molar-refractivity contribution is 7.39. The van der Waals surface area contributed by atoms with E-state index in [4.69, 9.17) is 10.3 Å². The van der Waals surface area contributed by atoms with Gasteiger partial charge < -0.3 is 10.3 Å². The van der Waals surface area contributed by atoms with Crippen molar-refractivity contribution in [2.24, 2.45) is 5.73 Å². The van der Waals surface area contributed by atoms with Crippen LogP contribution in [0.5, 0.6) is 0 Å². The Kier molecular flexibility index (Phi) is 6.73. The number of hydrogen-bond donors (Lipinski definition) is 1. The van der Waals surface area contributed by atoms with Crippen LogP contribution in [0, 0.1) is 0 Å². The first-order valence-electron chi connectivity index (χ1n) is 4.48. The highest BCUT2D eigenvalue weighted by Crippen LogP contribution is 2.31. The largest absolute Gasteiger partial charge is 0.330 e. The lowest BCUT2D eigenvalue weighted by Gasteiger charge is -2.13. The minimum Gasteiger partial charge on any atom is -0.330 e. The summed E-state index contributed by atoms with van der Waals surface area (Å²) in [4.78, 5) is 0. The topological polar surface area (TPSA) is 52.3 Å². The summed E-state index contributed by atoms with van der Waals surface area (Å²) in [6.45, 7) is 6.45. The summed E-state index contributed by atoms with van der Waals surface area (Å²) in [5.74, 6) is 0. The van der Waals surface area contributed by atoms with Crippen LogP contribution in [-0.4, -0.2) is 18.3 Å². The molecule has 0 aromatic carbocycles. The molecule has 0 saturated heterocycles. The van der Waals surface area contributed by atoms with E-state index in [1.165, 1.54) is 0 Å². The van der Waals surface area contributed by atoms with Crippen LogP contribution < -0.4 is 5.73 Å². The molecule has 0 aliphatic heterocycles. The summed E-state index contributed by atoms with van der Waals surface area (Å²) in [6, 6.07) is 0. The third-order valence-electron chi connectivity index (χ3n) is 1.60. The molecule has 0 aliphatic carbocycles. The molecule has 74 valence electrons. The van der Waals surface area contributed by atoms with Crippen molar-refractivity contribution < 1.29 is 9.09 Å². The van der Waals surface area contributed by atoms with Gasteiger partial charge in [-0.25, -0.2) is 0 Å². The van der Waals surface area contributed by atoms with Gasteiger partial charge in [0.05, 0.1) is 6.10 Å². The molecule has 0 aliphatic rings. The quantitative estimate of drug-likeness (QED) is 0.656. The third kappa shape index (κ3) is 5.76. The van der Waals surface area contributed by atoms with Crippen LogP contribution >= 0.6 is 8.03 Å². The van der Waals surface area contributed by atoms with Crippen LogP contribution in [0.3, 0.4) is 0 Å². The molecule has 0 bridgehead atoms. The normalized spacial score (nSPS) is 16.4. The van der Waals surface area contributed by atoms with Gasteiger partial charge in [0, 0.05) is 5.66 Å². The smallest absolute Gasteiger partial charge is 0.194 e. The van der Waals surface area contributed by atoms with E-state index in [1.54, 1.807) is 0 Å². The van der Waals surface area contributed by atoms with Crippen molar-refractivity contribution in [2.45, 2.75) is 45.4 Å². The molecule has 0 aromatic rings. The molecule has 0 aromatic heterocycles. The molecular weight excluding hydrogens is 173 g/mol. The molecule has 2 atom stereocenters. The van der Waals surface area contributed by atoms with Gasteiger partial charge in [-0.1, -0.05) is 13.8 Å². The Hall–Kier alpha value is 0.150. The molecule has 2 N–H and O–H groups in total. The van der Waals surface area contributed by atoms with Crippen molar-refractivity contribution in [3.63, 3.8) is 0 Å². The lowest BCUT2D eigenvalue weighted by Crippen LogP contribution is -2.08. The zero-order chi connectivity index (χ0) is 9.56. The van der Waals surface area contributed by atoms with E-state index in [-0.39, 0.29) is 11.8 Å². The second-order valence-corrected chi connectivity index (χ2v) is 5.36. The zero-order valence-electron chi connectivity index (χ0n) is 8.17. The average molecular weight is 193 g/mol. The van der Waals surface area contributed by atoms with Crippen molar-refractivity contribution >= 4 is 8.03 Å². The van der Waals surface area contributed by atoms with Crippen LogP contribution in [0.4, 0.5) is 0 Å². The molecule has 0 rings (SSSR count). The Morgan fingerprint density at radius 2 is 2.00 bits per heavy atom. The first-order chi connectivity index (χ1) is 5.57. The number of hydrogen-bond acceptors (Lipinski definition) is 3. The molecule has 0 amide bonds. The average Bonchev–Trinajstić information content (AvgIpc) is 2.00. The maximum Gasteiger partial charge on any atom is 0.194 e. The molecular formula is C8H20NO2P. The molecule has 12 heavy (non-hydrogen) atoms. The van der Waals surface area contributed by atoms with Gasteiger partial charge in [0.2, 0.25) is 0 Å². The molecule has 0 heterocycles. The van der Waals surface area contributed by atoms with E-state index in [0.717, 1.165) is 12.8 Å². The fourth-order valence-electron chi connectivity index (χ4n) is 0.799. The van der Waals surface area contributed by atoms with E-state index in [1.807, 2.05) is 20.8 Å². The van der Waals surface area contributed by atoms with Crippen molar-refractivity contribution in [1.82, 2.24) is 0 Å². The van der Waals surface area contributed by atoms with Crippen molar-refractivity contribution in [3.05, 3.63) is 0 Å². The molecule has 0 saturated carbocycles.